The Morgan fingerprint density at radius 3 is 2.71 bits per heavy atom. The molecule has 0 aliphatic carbocycles. The van der Waals surface area contributed by atoms with Gasteiger partial charge < -0.3 is 0 Å². The van der Waals surface area contributed by atoms with E-state index in [1.54, 1.807) is 4.68 Å². The molecule has 0 bridgehead atoms. The van der Waals surface area contributed by atoms with Gasteiger partial charge in [0.1, 0.15) is 0 Å². The van der Waals surface area contributed by atoms with Crippen LogP contribution in [0.3, 0.4) is 0 Å². The van der Waals surface area contributed by atoms with Crippen molar-refractivity contribution >= 4 is 0 Å². The Labute approximate surface area is 83.4 Å². The first-order valence-corrected chi connectivity index (χ1v) is 4.72. The van der Waals surface area contributed by atoms with Gasteiger partial charge in [0, 0.05) is 36.8 Å². The van der Waals surface area contributed by atoms with E-state index in [4.69, 9.17) is 0 Å². The lowest BCUT2D eigenvalue weighted by molar-refractivity contribution is 0.768. The molecule has 14 heavy (non-hydrogen) atoms. The predicted molar refractivity (Wildman–Crippen MR) is 55.8 cm³/mol. The Morgan fingerprint density at radius 2 is 2.07 bits per heavy atom. The maximum Gasteiger partial charge on any atom is 0.0568 e. The summed E-state index contributed by atoms with van der Waals surface area (Å²) in [6.45, 7) is 2.13. The highest BCUT2D eigenvalue weighted by atomic mass is 15.2. The zero-order valence-electron chi connectivity index (χ0n) is 8.44. The van der Waals surface area contributed by atoms with Crippen LogP contribution in [0, 0.1) is 0 Å². The first-order chi connectivity index (χ1) is 6.79. The largest absolute Gasteiger partial charge is 0.275 e. The Morgan fingerprint density at radius 1 is 1.21 bits per heavy atom. The zero-order chi connectivity index (χ0) is 9.97. The van der Waals surface area contributed by atoms with Crippen LogP contribution in [0.1, 0.15) is 12.5 Å². The molecule has 2 aromatic rings. The van der Waals surface area contributed by atoms with Crippen molar-refractivity contribution < 1.29 is 0 Å². The summed E-state index contributed by atoms with van der Waals surface area (Å²) in [4.78, 5) is 4.20. The minimum atomic E-state index is 1.01. The summed E-state index contributed by atoms with van der Waals surface area (Å²) < 4.78 is 1.80. The van der Waals surface area contributed by atoms with E-state index in [1.165, 1.54) is 5.56 Å². The van der Waals surface area contributed by atoms with Gasteiger partial charge in [-0.1, -0.05) is 6.92 Å². The van der Waals surface area contributed by atoms with Gasteiger partial charge in [-0.05, 0) is 18.1 Å². The lowest BCUT2D eigenvalue weighted by Crippen LogP contribution is -1.85. The minimum Gasteiger partial charge on any atom is -0.275 e. The first-order valence-electron chi connectivity index (χ1n) is 4.72. The lowest BCUT2D eigenvalue weighted by atomic mass is 10.1. The van der Waals surface area contributed by atoms with Crippen molar-refractivity contribution in [3.8, 4) is 11.1 Å². The molecule has 0 radical (unpaired) electrons. The average molecular weight is 187 g/mol. The van der Waals surface area contributed by atoms with Gasteiger partial charge in [0.25, 0.3) is 0 Å². The number of pyridine rings is 1. The van der Waals surface area contributed by atoms with Crippen LogP contribution in [-0.2, 0) is 13.5 Å². The van der Waals surface area contributed by atoms with E-state index in [0.717, 1.165) is 17.5 Å². The Kier molecular flexibility index (Phi) is 2.31. The molecule has 0 aliphatic heterocycles. The van der Waals surface area contributed by atoms with Crippen LogP contribution >= 0.6 is 0 Å². The van der Waals surface area contributed by atoms with E-state index in [2.05, 4.69) is 23.1 Å². The molecule has 0 unspecified atom stereocenters. The summed E-state index contributed by atoms with van der Waals surface area (Å²) >= 11 is 0. The van der Waals surface area contributed by atoms with Gasteiger partial charge in [0.15, 0.2) is 0 Å². The van der Waals surface area contributed by atoms with Gasteiger partial charge in [-0.15, -0.1) is 0 Å². The highest BCUT2D eigenvalue weighted by Gasteiger charge is 2.00. The molecule has 3 nitrogen and oxygen atoms in total. The average Bonchev–Trinajstić information content (AvgIpc) is 2.65. The number of hydrogen-bond donors (Lipinski definition) is 0. The highest BCUT2D eigenvalue weighted by Crippen LogP contribution is 2.18. The quantitative estimate of drug-likeness (QED) is 0.720. The van der Waals surface area contributed by atoms with Crippen molar-refractivity contribution in [2.45, 2.75) is 13.3 Å². The van der Waals surface area contributed by atoms with Crippen molar-refractivity contribution in [2.24, 2.45) is 7.05 Å². The maximum atomic E-state index is 4.20. The van der Waals surface area contributed by atoms with E-state index in [9.17, 15) is 0 Å². The molecule has 0 aliphatic rings. The second kappa shape index (κ2) is 3.62. The Balaban J connectivity index is 2.41. The van der Waals surface area contributed by atoms with Crippen LogP contribution in [0.4, 0.5) is 0 Å². The van der Waals surface area contributed by atoms with E-state index in [0.29, 0.717) is 0 Å². The third-order valence-corrected chi connectivity index (χ3v) is 2.24. The van der Waals surface area contributed by atoms with Crippen molar-refractivity contribution in [3.63, 3.8) is 0 Å². The second-order valence-electron chi connectivity index (χ2n) is 3.34. The Hall–Kier alpha value is -1.64. The summed E-state index contributed by atoms with van der Waals surface area (Å²) in [5.74, 6) is 0. The summed E-state index contributed by atoms with van der Waals surface area (Å²) in [5, 5.41) is 4.14. The molecule has 0 amide bonds. The van der Waals surface area contributed by atoms with Gasteiger partial charge in [-0.3, -0.25) is 9.67 Å². The molecule has 0 aromatic carbocycles. The standard InChI is InChI=1S/C11H13N3/c1-3-9-4-10(6-12-5-9)11-7-13-14(2)8-11/h4-8H,3H2,1-2H3. The van der Waals surface area contributed by atoms with E-state index < -0.39 is 0 Å². The molecule has 0 spiro atoms. The van der Waals surface area contributed by atoms with E-state index >= 15 is 0 Å². The van der Waals surface area contributed by atoms with Crippen LogP contribution in [-0.4, -0.2) is 14.8 Å². The van der Waals surface area contributed by atoms with Crippen molar-refractivity contribution in [1.82, 2.24) is 14.8 Å². The fourth-order valence-electron chi connectivity index (χ4n) is 1.41. The topological polar surface area (TPSA) is 30.7 Å². The predicted octanol–water partition coefficient (Wildman–Crippen LogP) is 2.04. The van der Waals surface area contributed by atoms with E-state index in [1.807, 2.05) is 31.8 Å². The first kappa shape index (κ1) is 8.94. The minimum absolute atomic E-state index is 1.01. The van der Waals surface area contributed by atoms with Crippen LogP contribution in [0.5, 0.6) is 0 Å². The molecule has 0 fully saturated rings. The van der Waals surface area contributed by atoms with Gasteiger partial charge in [-0.25, -0.2) is 0 Å². The van der Waals surface area contributed by atoms with Crippen molar-refractivity contribution in [2.75, 3.05) is 0 Å². The smallest absolute Gasteiger partial charge is 0.0568 e. The molecule has 2 rings (SSSR count). The molecule has 0 saturated heterocycles. The SMILES string of the molecule is CCc1cncc(-c2cnn(C)c2)c1. The number of hydrogen-bond acceptors (Lipinski definition) is 2. The van der Waals surface area contributed by atoms with Crippen LogP contribution < -0.4 is 0 Å². The van der Waals surface area contributed by atoms with Crippen molar-refractivity contribution in [1.29, 1.82) is 0 Å². The van der Waals surface area contributed by atoms with Crippen molar-refractivity contribution in [3.05, 3.63) is 36.4 Å². The van der Waals surface area contributed by atoms with Gasteiger partial charge in [0.2, 0.25) is 0 Å². The number of nitrogens with zero attached hydrogens (tertiary/aromatic N) is 3. The van der Waals surface area contributed by atoms with Crippen LogP contribution in [0.2, 0.25) is 0 Å². The molecule has 3 heteroatoms. The summed E-state index contributed by atoms with van der Waals surface area (Å²) in [5.41, 5.74) is 3.51. The third kappa shape index (κ3) is 1.66. The zero-order valence-corrected chi connectivity index (χ0v) is 8.44. The normalized spacial score (nSPS) is 10.4. The molecular weight excluding hydrogens is 174 g/mol. The molecule has 0 N–H and O–H groups in total. The number of rotatable bonds is 2. The third-order valence-electron chi connectivity index (χ3n) is 2.24. The summed E-state index contributed by atoms with van der Waals surface area (Å²) in [6.07, 6.45) is 8.64. The fraction of sp³-hybridized carbons (Fsp3) is 0.273. The number of aromatic nitrogens is 3. The van der Waals surface area contributed by atoms with Crippen LogP contribution in [0.15, 0.2) is 30.9 Å². The second-order valence-corrected chi connectivity index (χ2v) is 3.34. The highest BCUT2D eigenvalue weighted by molar-refractivity contribution is 5.61. The van der Waals surface area contributed by atoms with Gasteiger partial charge in [-0.2, -0.15) is 5.10 Å². The monoisotopic (exact) mass is 187 g/mol. The molecule has 2 aromatic heterocycles. The summed E-state index contributed by atoms with van der Waals surface area (Å²) in [7, 11) is 1.92. The Bertz CT molecular complexity index is 432. The lowest BCUT2D eigenvalue weighted by Gasteiger charge is -1.99. The number of aryl methyl sites for hydroxylation is 2. The summed E-state index contributed by atoms with van der Waals surface area (Å²) in [6, 6.07) is 2.16. The van der Waals surface area contributed by atoms with Crippen LogP contribution in [0.25, 0.3) is 11.1 Å². The van der Waals surface area contributed by atoms with Gasteiger partial charge in [0.05, 0.1) is 6.20 Å². The fourth-order valence-corrected chi connectivity index (χ4v) is 1.41. The van der Waals surface area contributed by atoms with E-state index in [-0.39, 0.29) is 0 Å². The molecule has 0 atom stereocenters. The molecule has 2 heterocycles. The molecule has 72 valence electrons. The molecular formula is C11H13N3. The molecule has 0 saturated carbocycles. The van der Waals surface area contributed by atoms with Gasteiger partial charge >= 0.3 is 0 Å². The maximum absolute atomic E-state index is 4.20.